The van der Waals surface area contributed by atoms with Gasteiger partial charge in [0.2, 0.25) is 5.91 Å². The number of rotatable bonds is 4. The fourth-order valence-corrected chi connectivity index (χ4v) is 2.17. The Morgan fingerprint density at radius 2 is 2.12 bits per heavy atom. The molecule has 0 heterocycles. The average Bonchev–Trinajstić information content (AvgIpc) is 2.26. The summed E-state index contributed by atoms with van der Waals surface area (Å²) in [5.74, 6) is 0.0910. The maximum absolute atomic E-state index is 11.7. The molecule has 1 rings (SSSR count). The first-order chi connectivity index (χ1) is 7.91. The Morgan fingerprint density at radius 3 is 2.65 bits per heavy atom. The lowest BCUT2D eigenvalue weighted by Crippen LogP contribution is -2.41. The Morgan fingerprint density at radius 1 is 1.47 bits per heavy atom. The zero-order valence-electron chi connectivity index (χ0n) is 10.7. The predicted molar refractivity (Wildman–Crippen MR) is 73.9 cm³/mol. The van der Waals surface area contributed by atoms with Crippen LogP contribution < -0.4 is 5.32 Å². The molecular formula is C13H19BrN2O. The number of hydrogen-bond acceptors (Lipinski definition) is 2. The molecule has 1 N–H and O–H groups in total. The second-order valence-electron chi connectivity index (χ2n) is 4.43. The number of likely N-dealkylation sites (N-methyl/N-ethyl adjacent to an activating group) is 1. The molecule has 0 radical (unpaired) electrons. The molecule has 1 amide bonds. The summed E-state index contributed by atoms with van der Waals surface area (Å²) in [7, 11) is 3.53. The minimum absolute atomic E-state index is 0.0910. The molecule has 0 bridgehead atoms. The highest BCUT2D eigenvalue weighted by atomic mass is 79.9. The molecule has 0 aliphatic rings. The van der Waals surface area contributed by atoms with E-state index in [1.807, 2.05) is 6.92 Å². The van der Waals surface area contributed by atoms with Crippen LogP contribution in [0.25, 0.3) is 0 Å². The van der Waals surface area contributed by atoms with Crippen LogP contribution in [0.2, 0.25) is 0 Å². The van der Waals surface area contributed by atoms with Crippen LogP contribution in [0.15, 0.2) is 22.7 Å². The Balaban J connectivity index is 2.59. The normalized spacial score (nSPS) is 12.3. The van der Waals surface area contributed by atoms with Crippen molar-refractivity contribution in [3.05, 3.63) is 33.8 Å². The van der Waals surface area contributed by atoms with E-state index in [1.54, 1.807) is 19.0 Å². The maximum Gasteiger partial charge on any atom is 0.238 e. The van der Waals surface area contributed by atoms with Crippen LogP contribution in [-0.2, 0) is 11.3 Å². The summed E-state index contributed by atoms with van der Waals surface area (Å²) < 4.78 is 1.08. The topological polar surface area (TPSA) is 32.3 Å². The van der Waals surface area contributed by atoms with Gasteiger partial charge in [-0.05, 0) is 31.0 Å². The van der Waals surface area contributed by atoms with Crippen molar-refractivity contribution in [1.29, 1.82) is 0 Å². The van der Waals surface area contributed by atoms with E-state index in [-0.39, 0.29) is 11.9 Å². The number of halogens is 1. The average molecular weight is 299 g/mol. The van der Waals surface area contributed by atoms with Crippen LogP contribution in [0.4, 0.5) is 0 Å². The third kappa shape index (κ3) is 4.13. The third-order valence-corrected chi connectivity index (χ3v) is 3.36. The molecule has 0 fully saturated rings. The first-order valence-electron chi connectivity index (χ1n) is 5.61. The van der Waals surface area contributed by atoms with Gasteiger partial charge < -0.3 is 10.2 Å². The highest BCUT2D eigenvalue weighted by molar-refractivity contribution is 9.10. The van der Waals surface area contributed by atoms with E-state index in [0.717, 1.165) is 10.0 Å². The van der Waals surface area contributed by atoms with Gasteiger partial charge in [-0.25, -0.2) is 0 Å². The minimum atomic E-state index is -0.168. The van der Waals surface area contributed by atoms with E-state index in [1.165, 1.54) is 5.56 Å². The summed E-state index contributed by atoms with van der Waals surface area (Å²) >= 11 is 3.53. The number of nitrogens with zero attached hydrogens (tertiary/aromatic N) is 1. The van der Waals surface area contributed by atoms with E-state index < -0.39 is 0 Å². The molecular weight excluding hydrogens is 280 g/mol. The predicted octanol–water partition coefficient (Wildman–Crippen LogP) is 2.32. The van der Waals surface area contributed by atoms with Crippen molar-refractivity contribution in [2.45, 2.75) is 26.4 Å². The number of amides is 1. The second-order valence-corrected chi connectivity index (χ2v) is 5.28. The van der Waals surface area contributed by atoms with E-state index in [4.69, 9.17) is 0 Å². The summed E-state index contributed by atoms with van der Waals surface area (Å²) in [5.41, 5.74) is 2.38. The Kier molecular flexibility index (Phi) is 5.15. The number of carbonyl (C=O) groups excluding carboxylic acids is 1. The van der Waals surface area contributed by atoms with Crippen molar-refractivity contribution in [2.75, 3.05) is 14.1 Å². The van der Waals surface area contributed by atoms with Crippen LogP contribution in [0.1, 0.15) is 18.1 Å². The summed E-state index contributed by atoms with van der Waals surface area (Å²) in [6.45, 7) is 4.62. The highest BCUT2D eigenvalue weighted by Gasteiger charge is 2.14. The van der Waals surface area contributed by atoms with E-state index in [2.05, 4.69) is 46.4 Å². The molecule has 0 saturated heterocycles. The van der Waals surface area contributed by atoms with Crippen LogP contribution in [0.5, 0.6) is 0 Å². The van der Waals surface area contributed by atoms with Gasteiger partial charge in [0.25, 0.3) is 0 Å². The van der Waals surface area contributed by atoms with Gasteiger partial charge in [-0.2, -0.15) is 0 Å². The molecule has 1 aromatic carbocycles. The fraction of sp³-hybridized carbons (Fsp3) is 0.462. The number of hydrogen-bond donors (Lipinski definition) is 1. The van der Waals surface area contributed by atoms with Gasteiger partial charge in [-0.15, -0.1) is 0 Å². The summed E-state index contributed by atoms with van der Waals surface area (Å²) in [6.07, 6.45) is 0. The third-order valence-electron chi connectivity index (χ3n) is 2.62. The van der Waals surface area contributed by atoms with Crippen molar-refractivity contribution in [2.24, 2.45) is 0 Å². The molecule has 17 heavy (non-hydrogen) atoms. The van der Waals surface area contributed by atoms with Crippen LogP contribution in [0.3, 0.4) is 0 Å². The van der Waals surface area contributed by atoms with E-state index >= 15 is 0 Å². The standard InChI is InChI=1S/C13H19BrN2O/c1-9-5-6-11(12(14)7-9)8-15-10(2)13(17)16(3)4/h5-7,10,15H,8H2,1-4H3. The molecule has 1 unspecified atom stereocenters. The smallest absolute Gasteiger partial charge is 0.238 e. The zero-order valence-corrected chi connectivity index (χ0v) is 12.3. The lowest BCUT2D eigenvalue weighted by molar-refractivity contribution is -0.130. The lowest BCUT2D eigenvalue weighted by Gasteiger charge is -2.18. The van der Waals surface area contributed by atoms with Crippen LogP contribution in [-0.4, -0.2) is 30.9 Å². The first-order valence-corrected chi connectivity index (χ1v) is 6.40. The Hall–Kier alpha value is -0.870. The van der Waals surface area contributed by atoms with Crippen molar-refractivity contribution in [1.82, 2.24) is 10.2 Å². The number of benzene rings is 1. The number of nitrogens with one attached hydrogen (secondary N) is 1. The largest absolute Gasteiger partial charge is 0.347 e. The molecule has 0 spiro atoms. The van der Waals surface area contributed by atoms with Crippen molar-refractivity contribution in [3.63, 3.8) is 0 Å². The Labute approximate surface area is 111 Å². The van der Waals surface area contributed by atoms with Gasteiger partial charge in [0.1, 0.15) is 0 Å². The minimum Gasteiger partial charge on any atom is -0.347 e. The quantitative estimate of drug-likeness (QED) is 0.925. The van der Waals surface area contributed by atoms with Gasteiger partial charge in [0, 0.05) is 25.1 Å². The molecule has 0 aliphatic carbocycles. The van der Waals surface area contributed by atoms with E-state index in [9.17, 15) is 4.79 Å². The van der Waals surface area contributed by atoms with Crippen molar-refractivity contribution < 1.29 is 4.79 Å². The van der Waals surface area contributed by atoms with Crippen LogP contribution in [0, 0.1) is 6.92 Å². The molecule has 0 aromatic heterocycles. The van der Waals surface area contributed by atoms with Crippen LogP contribution >= 0.6 is 15.9 Å². The number of aryl methyl sites for hydroxylation is 1. The zero-order chi connectivity index (χ0) is 13.0. The molecule has 3 nitrogen and oxygen atoms in total. The molecule has 1 aromatic rings. The maximum atomic E-state index is 11.7. The number of carbonyl (C=O) groups is 1. The summed E-state index contributed by atoms with van der Waals surface area (Å²) in [4.78, 5) is 13.3. The molecule has 94 valence electrons. The highest BCUT2D eigenvalue weighted by Crippen LogP contribution is 2.18. The SMILES string of the molecule is Cc1ccc(CNC(C)C(=O)N(C)C)c(Br)c1. The molecule has 4 heteroatoms. The summed E-state index contributed by atoms with van der Waals surface area (Å²) in [6, 6.07) is 6.05. The molecule has 0 saturated carbocycles. The lowest BCUT2D eigenvalue weighted by atomic mass is 10.1. The van der Waals surface area contributed by atoms with Gasteiger partial charge in [0.15, 0.2) is 0 Å². The fourth-order valence-electron chi connectivity index (χ4n) is 1.53. The summed E-state index contributed by atoms with van der Waals surface area (Å²) in [5, 5.41) is 3.22. The van der Waals surface area contributed by atoms with Gasteiger partial charge in [-0.3, -0.25) is 4.79 Å². The molecule has 0 aliphatic heterocycles. The molecule has 1 atom stereocenters. The van der Waals surface area contributed by atoms with Crippen molar-refractivity contribution >= 4 is 21.8 Å². The van der Waals surface area contributed by atoms with Gasteiger partial charge in [0.05, 0.1) is 6.04 Å². The van der Waals surface area contributed by atoms with Crippen molar-refractivity contribution in [3.8, 4) is 0 Å². The van der Waals surface area contributed by atoms with Gasteiger partial charge >= 0.3 is 0 Å². The monoisotopic (exact) mass is 298 g/mol. The van der Waals surface area contributed by atoms with Gasteiger partial charge in [-0.1, -0.05) is 28.1 Å². The Bertz CT molecular complexity index is 404. The first kappa shape index (κ1) is 14.2. The second kappa shape index (κ2) is 6.17. The van der Waals surface area contributed by atoms with E-state index in [0.29, 0.717) is 6.54 Å².